The molecular weight excluding hydrogens is 250 g/mol. The fourth-order valence-electron chi connectivity index (χ4n) is 1.44. The highest BCUT2D eigenvalue weighted by Crippen LogP contribution is 2.05. The molecule has 0 aromatic heterocycles. The summed E-state index contributed by atoms with van der Waals surface area (Å²) in [7, 11) is 2.55. The van der Waals surface area contributed by atoms with Crippen molar-refractivity contribution in [2.45, 2.75) is 12.6 Å². The average Bonchev–Trinajstić information content (AvgIpc) is 2.46. The van der Waals surface area contributed by atoms with Crippen molar-refractivity contribution in [2.75, 3.05) is 20.8 Å². The summed E-state index contributed by atoms with van der Waals surface area (Å²) in [5.74, 6) is -0.693. The number of carbonyl (C=O) groups is 2. The lowest BCUT2D eigenvalue weighted by molar-refractivity contribution is -0.147. The molecule has 0 fully saturated rings. The van der Waals surface area contributed by atoms with Gasteiger partial charge in [0.2, 0.25) is 0 Å². The fourth-order valence-corrected chi connectivity index (χ4v) is 1.44. The van der Waals surface area contributed by atoms with Crippen LogP contribution in [0.2, 0.25) is 0 Å². The van der Waals surface area contributed by atoms with Crippen molar-refractivity contribution in [3.63, 3.8) is 0 Å². The second kappa shape index (κ2) is 7.38. The highest BCUT2D eigenvalue weighted by atomic mass is 16.6. The number of amides is 1. The zero-order valence-corrected chi connectivity index (χ0v) is 10.9. The van der Waals surface area contributed by atoms with E-state index in [-0.39, 0.29) is 6.61 Å². The number of carbonyl (C=O) groups excluding carboxylic acids is 2. The molecule has 1 aromatic carbocycles. The van der Waals surface area contributed by atoms with Crippen LogP contribution in [0.4, 0.5) is 4.79 Å². The first kappa shape index (κ1) is 15.0. The molecule has 0 bridgehead atoms. The van der Waals surface area contributed by atoms with Crippen LogP contribution in [-0.4, -0.2) is 48.9 Å². The number of rotatable bonds is 5. The quantitative estimate of drug-likeness (QED) is 0.798. The van der Waals surface area contributed by atoms with Gasteiger partial charge in [-0.05, 0) is 5.56 Å². The highest BCUT2D eigenvalue weighted by Gasteiger charge is 2.27. The van der Waals surface area contributed by atoms with E-state index < -0.39 is 24.7 Å². The molecule has 0 aliphatic rings. The third-order valence-electron chi connectivity index (χ3n) is 2.61. The third kappa shape index (κ3) is 4.26. The molecule has 1 N–H and O–H groups in total. The minimum absolute atomic E-state index is 0.101. The monoisotopic (exact) mass is 267 g/mol. The van der Waals surface area contributed by atoms with Crippen molar-refractivity contribution in [1.82, 2.24) is 4.90 Å². The van der Waals surface area contributed by atoms with E-state index in [0.717, 1.165) is 10.5 Å². The minimum Gasteiger partial charge on any atom is -0.467 e. The Morgan fingerprint density at radius 3 is 2.47 bits per heavy atom. The second-order valence-corrected chi connectivity index (χ2v) is 3.87. The van der Waals surface area contributed by atoms with E-state index in [0.29, 0.717) is 0 Å². The predicted molar refractivity (Wildman–Crippen MR) is 67.3 cm³/mol. The van der Waals surface area contributed by atoms with Crippen LogP contribution < -0.4 is 0 Å². The van der Waals surface area contributed by atoms with Crippen molar-refractivity contribution in [1.29, 1.82) is 0 Å². The summed E-state index contributed by atoms with van der Waals surface area (Å²) in [5.41, 5.74) is 0.836. The van der Waals surface area contributed by atoms with Crippen molar-refractivity contribution in [2.24, 2.45) is 0 Å². The van der Waals surface area contributed by atoms with Gasteiger partial charge < -0.3 is 14.6 Å². The Morgan fingerprint density at radius 2 is 1.95 bits per heavy atom. The zero-order chi connectivity index (χ0) is 14.3. The van der Waals surface area contributed by atoms with Gasteiger partial charge in [-0.25, -0.2) is 9.59 Å². The Hall–Kier alpha value is -2.08. The third-order valence-corrected chi connectivity index (χ3v) is 2.61. The first-order valence-electron chi connectivity index (χ1n) is 5.72. The smallest absolute Gasteiger partial charge is 0.410 e. The Bertz CT molecular complexity index is 420. The van der Waals surface area contributed by atoms with Gasteiger partial charge >= 0.3 is 12.1 Å². The molecule has 1 amide bonds. The van der Waals surface area contributed by atoms with E-state index in [1.165, 1.54) is 14.2 Å². The molecule has 1 atom stereocenters. The second-order valence-electron chi connectivity index (χ2n) is 3.87. The van der Waals surface area contributed by atoms with E-state index in [9.17, 15) is 9.59 Å². The van der Waals surface area contributed by atoms with Crippen molar-refractivity contribution in [3.8, 4) is 0 Å². The predicted octanol–water partition coefficient (Wildman–Crippen LogP) is 0.789. The highest BCUT2D eigenvalue weighted by molar-refractivity contribution is 5.81. The molecule has 0 spiro atoms. The number of esters is 1. The van der Waals surface area contributed by atoms with Gasteiger partial charge in [0.25, 0.3) is 0 Å². The molecule has 1 aromatic rings. The number of aliphatic hydroxyl groups is 1. The normalized spacial score (nSPS) is 11.5. The maximum atomic E-state index is 11.7. The van der Waals surface area contributed by atoms with E-state index in [4.69, 9.17) is 9.84 Å². The SMILES string of the molecule is COC(=O)C(CO)N(C)C(=O)OCc1ccccc1. The molecule has 0 saturated heterocycles. The van der Waals surface area contributed by atoms with Gasteiger partial charge in [-0.15, -0.1) is 0 Å². The van der Waals surface area contributed by atoms with Crippen LogP contribution in [0.5, 0.6) is 0 Å². The Balaban J connectivity index is 2.54. The van der Waals surface area contributed by atoms with Crippen LogP contribution in [0.1, 0.15) is 5.56 Å². The van der Waals surface area contributed by atoms with Crippen LogP contribution in [0, 0.1) is 0 Å². The van der Waals surface area contributed by atoms with Crippen molar-refractivity contribution >= 4 is 12.1 Å². The molecule has 19 heavy (non-hydrogen) atoms. The molecule has 0 saturated carbocycles. The van der Waals surface area contributed by atoms with E-state index in [2.05, 4.69) is 4.74 Å². The van der Waals surface area contributed by atoms with Crippen LogP contribution in [0.3, 0.4) is 0 Å². The largest absolute Gasteiger partial charge is 0.467 e. The Kier molecular flexibility index (Phi) is 5.81. The number of nitrogens with zero attached hydrogens (tertiary/aromatic N) is 1. The van der Waals surface area contributed by atoms with Crippen LogP contribution >= 0.6 is 0 Å². The van der Waals surface area contributed by atoms with Crippen molar-refractivity contribution in [3.05, 3.63) is 35.9 Å². The van der Waals surface area contributed by atoms with Crippen LogP contribution in [-0.2, 0) is 20.9 Å². The lowest BCUT2D eigenvalue weighted by Crippen LogP contribution is -2.45. The number of benzene rings is 1. The van der Waals surface area contributed by atoms with Crippen molar-refractivity contribution < 1.29 is 24.2 Å². The first-order valence-corrected chi connectivity index (χ1v) is 5.72. The van der Waals surface area contributed by atoms with Gasteiger partial charge in [-0.3, -0.25) is 4.90 Å². The van der Waals surface area contributed by atoms with Gasteiger partial charge in [-0.2, -0.15) is 0 Å². The summed E-state index contributed by atoms with van der Waals surface area (Å²) < 4.78 is 9.52. The molecule has 0 heterocycles. The van der Waals surface area contributed by atoms with E-state index >= 15 is 0 Å². The minimum atomic E-state index is -1.06. The summed E-state index contributed by atoms with van der Waals surface area (Å²) in [5, 5.41) is 9.08. The maximum absolute atomic E-state index is 11.7. The number of likely N-dealkylation sites (N-methyl/N-ethyl adjacent to an activating group) is 1. The molecule has 1 unspecified atom stereocenters. The van der Waals surface area contributed by atoms with Gasteiger partial charge in [0.05, 0.1) is 13.7 Å². The van der Waals surface area contributed by atoms with Gasteiger partial charge in [0, 0.05) is 7.05 Å². The lowest BCUT2D eigenvalue weighted by Gasteiger charge is -2.23. The summed E-state index contributed by atoms with van der Waals surface area (Å²) in [6.45, 7) is -0.424. The first-order chi connectivity index (χ1) is 9.10. The topological polar surface area (TPSA) is 76.1 Å². The lowest BCUT2D eigenvalue weighted by atomic mass is 10.2. The summed E-state index contributed by atoms with van der Waals surface area (Å²) in [6, 6.07) is 8.09. The Morgan fingerprint density at radius 1 is 1.32 bits per heavy atom. The number of hydrogen-bond acceptors (Lipinski definition) is 5. The van der Waals surface area contributed by atoms with Gasteiger partial charge in [0.1, 0.15) is 6.61 Å². The summed E-state index contributed by atoms with van der Waals surface area (Å²) in [6.07, 6.45) is -0.701. The molecule has 6 heteroatoms. The average molecular weight is 267 g/mol. The number of methoxy groups -OCH3 is 1. The fraction of sp³-hybridized carbons (Fsp3) is 0.385. The number of hydrogen-bond donors (Lipinski definition) is 1. The molecule has 0 aliphatic carbocycles. The number of aliphatic hydroxyl groups excluding tert-OH is 1. The summed E-state index contributed by atoms with van der Waals surface area (Å²) in [4.78, 5) is 24.1. The molecular formula is C13H17NO5. The molecule has 0 radical (unpaired) electrons. The standard InChI is InChI=1S/C13H17NO5/c1-14(11(8-15)12(16)18-2)13(17)19-9-10-6-4-3-5-7-10/h3-7,11,15H,8-9H2,1-2H3. The maximum Gasteiger partial charge on any atom is 0.410 e. The van der Waals surface area contributed by atoms with Gasteiger partial charge in [0.15, 0.2) is 6.04 Å². The Labute approximate surface area is 111 Å². The zero-order valence-electron chi connectivity index (χ0n) is 10.9. The molecule has 1 rings (SSSR count). The van der Waals surface area contributed by atoms with E-state index in [1.807, 2.05) is 30.3 Å². The van der Waals surface area contributed by atoms with Gasteiger partial charge in [-0.1, -0.05) is 30.3 Å². The van der Waals surface area contributed by atoms with Crippen LogP contribution in [0.25, 0.3) is 0 Å². The summed E-state index contributed by atoms with van der Waals surface area (Å²) >= 11 is 0. The van der Waals surface area contributed by atoms with Crippen LogP contribution in [0.15, 0.2) is 30.3 Å². The molecule has 0 aliphatic heterocycles. The molecule has 6 nitrogen and oxygen atoms in total. The molecule has 104 valence electrons. The number of ether oxygens (including phenoxy) is 2. The van der Waals surface area contributed by atoms with E-state index in [1.54, 1.807) is 0 Å².